The topological polar surface area (TPSA) is 20.2 Å². The van der Waals surface area contributed by atoms with E-state index < -0.39 is 0 Å². The minimum Gasteiger partial charge on any atom is -0.388 e. The Bertz CT molecular complexity index is 394. The fourth-order valence-corrected chi connectivity index (χ4v) is 3.00. The number of aliphatic hydroxyl groups is 1. The lowest BCUT2D eigenvalue weighted by atomic mass is 9.70. The van der Waals surface area contributed by atoms with E-state index in [1.165, 1.54) is 19.3 Å². The van der Waals surface area contributed by atoms with E-state index in [9.17, 15) is 5.11 Å². The zero-order valence-corrected chi connectivity index (χ0v) is 11.4. The van der Waals surface area contributed by atoms with E-state index in [2.05, 4.69) is 6.92 Å². The molecule has 1 saturated carbocycles. The van der Waals surface area contributed by atoms with Crippen molar-refractivity contribution in [1.29, 1.82) is 0 Å². The third-order valence-electron chi connectivity index (χ3n) is 4.17. The van der Waals surface area contributed by atoms with Crippen LogP contribution in [0, 0.1) is 12.3 Å². The Balaban J connectivity index is 2.23. The van der Waals surface area contributed by atoms with Crippen LogP contribution in [0.5, 0.6) is 0 Å². The van der Waals surface area contributed by atoms with Gasteiger partial charge in [0.25, 0.3) is 0 Å². The molecule has 17 heavy (non-hydrogen) atoms. The average molecular weight is 253 g/mol. The van der Waals surface area contributed by atoms with Crippen molar-refractivity contribution in [2.75, 3.05) is 0 Å². The van der Waals surface area contributed by atoms with Crippen molar-refractivity contribution in [3.8, 4) is 0 Å². The lowest BCUT2D eigenvalue weighted by Crippen LogP contribution is -2.28. The zero-order chi connectivity index (χ0) is 12.5. The van der Waals surface area contributed by atoms with Crippen LogP contribution in [0.3, 0.4) is 0 Å². The summed E-state index contributed by atoms with van der Waals surface area (Å²) in [7, 11) is 0. The van der Waals surface area contributed by atoms with Gasteiger partial charge in [0, 0.05) is 5.02 Å². The van der Waals surface area contributed by atoms with Gasteiger partial charge in [-0.3, -0.25) is 0 Å². The van der Waals surface area contributed by atoms with Crippen LogP contribution in [-0.2, 0) is 0 Å². The molecular weight excluding hydrogens is 232 g/mol. The minimum atomic E-state index is -0.388. The Morgan fingerprint density at radius 2 is 1.88 bits per heavy atom. The van der Waals surface area contributed by atoms with Crippen molar-refractivity contribution in [3.05, 3.63) is 34.3 Å². The first-order valence-electron chi connectivity index (χ1n) is 6.47. The number of benzene rings is 1. The number of aliphatic hydroxyl groups excluding tert-OH is 1. The van der Waals surface area contributed by atoms with Crippen LogP contribution in [0.25, 0.3) is 0 Å². The molecule has 2 rings (SSSR count). The van der Waals surface area contributed by atoms with Crippen molar-refractivity contribution in [2.24, 2.45) is 5.41 Å². The van der Waals surface area contributed by atoms with Crippen LogP contribution in [0.2, 0.25) is 5.02 Å². The molecule has 0 spiro atoms. The maximum atomic E-state index is 10.6. The van der Waals surface area contributed by atoms with Crippen molar-refractivity contribution in [3.63, 3.8) is 0 Å². The minimum absolute atomic E-state index is 0.0246. The molecule has 1 aliphatic carbocycles. The van der Waals surface area contributed by atoms with E-state index in [0.29, 0.717) is 0 Å². The first-order valence-corrected chi connectivity index (χ1v) is 6.85. The number of hydrogen-bond donors (Lipinski definition) is 1. The highest BCUT2D eigenvalue weighted by molar-refractivity contribution is 6.31. The number of rotatable bonds is 2. The Morgan fingerprint density at radius 3 is 2.47 bits per heavy atom. The fourth-order valence-electron chi connectivity index (χ4n) is 2.81. The molecule has 1 aromatic carbocycles. The standard InChI is InChI=1S/C15H21ClO/c1-11-6-7-12(10-13(11)16)14(17)15(2)8-4-3-5-9-15/h6-7,10,14,17H,3-5,8-9H2,1-2H3. The fraction of sp³-hybridized carbons (Fsp3) is 0.600. The first-order chi connectivity index (χ1) is 8.03. The highest BCUT2D eigenvalue weighted by atomic mass is 35.5. The normalized spacial score (nSPS) is 21.2. The number of halogens is 1. The van der Waals surface area contributed by atoms with E-state index in [1.807, 2.05) is 25.1 Å². The third-order valence-corrected chi connectivity index (χ3v) is 4.57. The molecule has 1 N–H and O–H groups in total. The lowest BCUT2D eigenvalue weighted by Gasteiger charge is -2.38. The molecule has 1 fully saturated rings. The SMILES string of the molecule is Cc1ccc(C(O)C2(C)CCCCC2)cc1Cl. The smallest absolute Gasteiger partial charge is 0.0844 e. The highest BCUT2D eigenvalue weighted by Crippen LogP contribution is 2.45. The lowest BCUT2D eigenvalue weighted by molar-refractivity contribution is 0.00819. The third kappa shape index (κ3) is 2.66. The predicted molar refractivity (Wildman–Crippen MR) is 72.3 cm³/mol. The van der Waals surface area contributed by atoms with Gasteiger partial charge >= 0.3 is 0 Å². The van der Waals surface area contributed by atoms with Gasteiger partial charge in [-0.2, -0.15) is 0 Å². The van der Waals surface area contributed by atoms with E-state index >= 15 is 0 Å². The number of hydrogen-bond acceptors (Lipinski definition) is 1. The van der Waals surface area contributed by atoms with Gasteiger partial charge in [-0.25, -0.2) is 0 Å². The highest BCUT2D eigenvalue weighted by Gasteiger charge is 2.35. The van der Waals surface area contributed by atoms with Gasteiger partial charge in [0.15, 0.2) is 0 Å². The van der Waals surface area contributed by atoms with Gasteiger partial charge in [0.05, 0.1) is 6.10 Å². The van der Waals surface area contributed by atoms with Crippen LogP contribution in [0.1, 0.15) is 56.3 Å². The maximum absolute atomic E-state index is 10.6. The van der Waals surface area contributed by atoms with Gasteiger partial charge in [0.1, 0.15) is 0 Å². The molecule has 94 valence electrons. The summed E-state index contributed by atoms with van der Waals surface area (Å²) < 4.78 is 0. The Labute approximate surface area is 109 Å². The summed E-state index contributed by atoms with van der Waals surface area (Å²) in [6, 6.07) is 5.92. The summed E-state index contributed by atoms with van der Waals surface area (Å²) in [6.07, 6.45) is 5.59. The van der Waals surface area contributed by atoms with Crippen LogP contribution in [0.15, 0.2) is 18.2 Å². The summed E-state index contributed by atoms with van der Waals surface area (Å²) in [4.78, 5) is 0. The maximum Gasteiger partial charge on any atom is 0.0844 e. The molecule has 0 radical (unpaired) electrons. The van der Waals surface area contributed by atoms with E-state index in [1.54, 1.807) is 0 Å². The molecule has 1 aliphatic rings. The molecular formula is C15H21ClO. The summed E-state index contributed by atoms with van der Waals surface area (Å²) in [5.41, 5.74) is 2.05. The molecule has 0 saturated heterocycles. The van der Waals surface area contributed by atoms with Gasteiger partial charge in [-0.1, -0.05) is 49.9 Å². The zero-order valence-electron chi connectivity index (χ0n) is 10.7. The van der Waals surface area contributed by atoms with E-state index in [4.69, 9.17) is 11.6 Å². The van der Waals surface area contributed by atoms with Crippen LogP contribution in [0.4, 0.5) is 0 Å². The largest absolute Gasteiger partial charge is 0.388 e. The summed E-state index contributed by atoms with van der Waals surface area (Å²) in [6.45, 7) is 4.19. The molecule has 1 nitrogen and oxygen atoms in total. The molecule has 0 heterocycles. The summed E-state index contributed by atoms with van der Waals surface area (Å²) >= 11 is 6.13. The molecule has 0 aliphatic heterocycles. The molecule has 1 unspecified atom stereocenters. The first kappa shape index (κ1) is 12.9. The molecule has 0 bridgehead atoms. The molecule has 1 atom stereocenters. The van der Waals surface area contributed by atoms with Crippen LogP contribution in [-0.4, -0.2) is 5.11 Å². The predicted octanol–water partition coefficient (Wildman–Crippen LogP) is 4.65. The molecule has 0 aromatic heterocycles. The van der Waals surface area contributed by atoms with Crippen molar-refractivity contribution in [2.45, 2.75) is 52.1 Å². The molecule has 0 amide bonds. The van der Waals surface area contributed by atoms with E-state index in [-0.39, 0.29) is 11.5 Å². The van der Waals surface area contributed by atoms with Gasteiger partial charge in [-0.05, 0) is 42.4 Å². The monoisotopic (exact) mass is 252 g/mol. The van der Waals surface area contributed by atoms with Crippen molar-refractivity contribution in [1.82, 2.24) is 0 Å². The number of aryl methyl sites for hydroxylation is 1. The van der Waals surface area contributed by atoms with Crippen molar-refractivity contribution < 1.29 is 5.11 Å². The second-order valence-corrected chi connectivity index (χ2v) is 6.03. The Morgan fingerprint density at radius 1 is 1.24 bits per heavy atom. The van der Waals surface area contributed by atoms with Gasteiger partial charge in [-0.15, -0.1) is 0 Å². The van der Waals surface area contributed by atoms with Crippen LogP contribution >= 0.6 is 11.6 Å². The van der Waals surface area contributed by atoms with E-state index in [0.717, 1.165) is 29.0 Å². The van der Waals surface area contributed by atoms with Crippen molar-refractivity contribution >= 4 is 11.6 Å². The van der Waals surface area contributed by atoms with Gasteiger partial charge in [0.2, 0.25) is 0 Å². The average Bonchev–Trinajstić information content (AvgIpc) is 2.33. The molecule has 2 heteroatoms. The Kier molecular flexibility index (Phi) is 3.79. The second-order valence-electron chi connectivity index (χ2n) is 5.63. The van der Waals surface area contributed by atoms with Gasteiger partial charge < -0.3 is 5.11 Å². The summed E-state index contributed by atoms with van der Waals surface area (Å²) in [5.74, 6) is 0. The van der Waals surface area contributed by atoms with Crippen LogP contribution < -0.4 is 0 Å². The second kappa shape index (κ2) is 4.99. The Hall–Kier alpha value is -0.530. The molecule has 1 aromatic rings. The summed E-state index contributed by atoms with van der Waals surface area (Å²) in [5, 5.41) is 11.3. The quantitative estimate of drug-likeness (QED) is 0.812.